The first-order valence-corrected chi connectivity index (χ1v) is 12.3. The van der Waals surface area contributed by atoms with E-state index in [1.165, 1.54) is 109 Å². The number of esters is 1. The van der Waals surface area contributed by atoms with E-state index in [4.69, 9.17) is 4.74 Å². The zero-order chi connectivity index (χ0) is 20.0. The van der Waals surface area contributed by atoms with Crippen LogP contribution in [0.1, 0.15) is 143 Å². The van der Waals surface area contributed by atoms with Gasteiger partial charge in [0.2, 0.25) is 0 Å². The molecule has 0 heterocycles. The van der Waals surface area contributed by atoms with Crippen molar-refractivity contribution in [1.29, 1.82) is 0 Å². The van der Waals surface area contributed by atoms with Crippen LogP contribution in [0.25, 0.3) is 0 Å². The molecule has 2 heteroatoms. The first-order chi connectivity index (χ1) is 13.2. The third-order valence-corrected chi connectivity index (χ3v) is 5.47. The van der Waals surface area contributed by atoms with E-state index in [0.29, 0.717) is 13.0 Å². The Balaban J connectivity index is 3.04. The van der Waals surface area contributed by atoms with Crippen LogP contribution in [0.5, 0.6) is 0 Å². The highest BCUT2D eigenvalue weighted by molar-refractivity contribution is 5.69. The Labute approximate surface area is 171 Å². The average Bonchev–Trinajstić information content (AvgIpc) is 2.63. The zero-order valence-electron chi connectivity index (χ0n) is 19.0. The number of hydrogen-bond acceptors (Lipinski definition) is 2. The van der Waals surface area contributed by atoms with E-state index >= 15 is 0 Å². The molecular weight excluding hydrogens is 332 g/mol. The van der Waals surface area contributed by atoms with Gasteiger partial charge in [-0.1, -0.05) is 123 Å². The predicted octanol–water partition coefficient (Wildman–Crippen LogP) is 8.62. The van der Waals surface area contributed by atoms with Crippen molar-refractivity contribution in [1.82, 2.24) is 0 Å². The van der Waals surface area contributed by atoms with Crippen molar-refractivity contribution in [2.24, 2.45) is 5.92 Å². The maximum absolute atomic E-state index is 11.2. The quantitative estimate of drug-likeness (QED) is 0.147. The van der Waals surface area contributed by atoms with Crippen LogP contribution in [0.3, 0.4) is 0 Å². The van der Waals surface area contributed by atoms with E-state index < -0.39 is 0 Å². The fourth-order valence-corrected chi connectivity index (χ4v) is 3.71. The molecular formula is C25H50O2. The molecule has 0 N–H and O–H groups in total. The summed E-state index contributed by atoms with van der Waals surface area (Å²) in [4.78, 5) is 11.2. The normalized spacial score (nSPS) is 11.3. The minimum Gasteiger partial charge on any atom is -0.466 e. The molecule has 0 aliphatic carbocycles. The van der Waals surface area contributed by atoms with Crippen LogP contribution in [0.4, 0.5) is 0 Å². The Morgan fingerprint density at radius 1 is 0.593 bits per heavy atom. The van der Waals surface area contributed by atoms with Crippen molar-refractivity contribution < 1.29 is 9.53 Å². The first kappa shape index (κ1) is 26.5. The lowest BCUT2D eigenvalue weighted by Crippen LogP contribution is -2.03. The van der Waals surface area contributed by atoms with E-state index in [9.17, 15) is 4.79 Å². The molecule has 0 rings (SSSR count). The first-order valence-electron chi connectivity index (χ1n) is 12.3. The molecule has 2 nitrogen and oxygen atoms in total. The Hall–Kier alpha value is -0.530. The molecule has 0 amide bonds. The van der Waals surface area contributed by atoms with Crippen LogP contribution >= 0.6 is 0 Å². The molecule has 0 aromatic heterocycles. The van der Waals surface area contributed by atoms with Gasteiger partial charge in [0, 0.05) is 6.42 Å². The molecule has 27 heavy (non-hydrogen) atoms. The fourth-order valence-electron chi connectivity index (χ4n) is 3.71. The molecule has 0 unspecified atom stereocenters. The van der Waals surface area contributed by atoms with Crippen LogP contribution < -0.4 is 0 Å². The predicted molar refractivity (Wildman–Crippen MR) is 119 cm³/mol. The summed E-state index contributed by atoms with van der Waals surface area (Å²) in [5, 5.41) is 0. The summed E-state index contributed by atoms with van der Waals surface area (Å²) in [6.45, 7) is 7.04. The van der Waals surface area contributed by atoms with Crippen LogP contribution in [-0.2, 0) is 9.53 Å². The summed E-state index contributed by atoms with van der Waals surface area (Å²) in [5.41, 5.74) is 0. The lowest BCUT2D eigenvalue weighted by atomic mass is 10.0. The van der Waals surface area contributed by atoms with Crippen molar-refractivity contribution in [3.8, 4) is 0 Å². The van der Waals surface area contributed by atoms with Crippen LogP contribution in [0.15, 0.2) is 0 Å². The maximum atomic E-state index is 11.2. The standard InChI is InChI=1S/C25H50O2/c1-4-27-25(26)23-21-19-17-15-13-11-9-7-5-6-8-10-12-14-16-18-20-22-24(2)3/h24H,4-23H2,1-3H3. The van der Waals surface area contributed by atoms with Gasteiger partial charge >= 0.3 is 5.97 Å². The second-order valence-corrected chi connectivity index (χ2v) is 8.75. The molecule has 0 aromatic carbocycles. The molecule has 0 aliphatic heterocycles. The van der Waals surface area contributed by atoms with Gasteiger partial charge in [0.1, 0.15) is 0 Å². The van der Waals surface area contributed by atoms with Gasteiger partial charge in [-0.15, -0.1) is 0 Å². The van der Waals surface area contributed by atoms with E-state index in [1.807, 2.05) is 6.92 Å². The van der Waals surface area contributed by atoms with E-state index in [0.717, 1.165) is 12.3 Å². The van der Waals surface area contributed by atoms with Gasteiger partial charge in [-0.25, -0.2) is 0 Å². The van der Waals surface area contributed by atoms with Crippen molar-refractivity contribution in [2.75, 3.05) is 6.61 Å². The van der Waals surface area contributed by atoms with Crippen molar-refractivity contribution in [3.05, 3.63) is 0 Å². The summed E-state index contributed by atoms with van der Waals surface area (Å²) in [5.74, 6) is 0.854. The zero-order valence-corrected chi connectivity index (χ0v) is 19.0. The van der Waals surface area contributed by atoms with Gasteiger partial charge in [-0.05, 0) is 19.3 Å². The highest BCUT2D eigenvalue weighted by Crippen LogP contribution is 2.15. The second kappa shape index (κ2) is 21.8. The van der Waals surface area contributed by atoms with E-state index in [2.05, 4.69) is 13.8 Å². The maximum Gasteiger partial charge on any atom is 0.305 e. The Morgan fingerprint density at radius 2 is 0.926 bits per heavy atom. The van der Waals surface area contributed by atoms with Gasteiger partial charge < -0.3 is 4.74 Å². The molecule has 0 spiro atoms. The molecule has 0 aliphatic rings. The minimum absolute atomic E-state index is 0.0286. The van der Waals surface area contributed by atoms with Crippen molar-refractivity contribution >= 4 is 5.97 Å². The average molecular weight is 383 g/mol. The SMILES string of the molecule is CCOC(=O)CCCCCCCCCCCCCCCCCCCC(C)C. The molecule has 0 saturated carbocycles. The van der Waals surface area contributed by atoms with Gasteiger partial charge in [0.15, 0.2) is 0 Å². The minimum atomic E-state index is -0.0286. The van der Waals surface area contributed by atoms with Crippen LogP contribution in [0.2, 0.25) is 0 Å². The molecule has 0 saturated heterocycles. The summed E-state index contributed by atoms with van der Waals surface area (Å²) < 4.78 is 4.94. The van der Waals surface area contributed by atoms with E-state index in [1.54, 1.807) is 0 Å². The van der Waals surface area contributed by atoms with Gasteiger partial charge in [-0.3, -0.25) is 4.79 Å². The van der Waals surface area contributed by atoms with Gasteiger partial charge in [0.25, 0.3) is 0 Å². The Kier molecular flexibility index (Phi) is 21.3. The monoisotopic (exact) mass is 382 g/mol. The molecule has 0 atom stereocenters. The number of ether oxygens (including phenoxy) is 1. The van der Waals surface area contributed by atoms with Crippen LogP contribution in [0, 0.1) is 5.92 Å². The molecule has 162 valence electrons. The Morgan fingerprint density at radius 3 is 1.26 bits per heavy atom. The Bertz CT molecular complexity index is 299. The summed E-state index contributed by atoms with van der Waals surface area (Å²) in [6, 6.07) is 0. The molecule has 0 bridgehead atoms. The van der Waals surface area contributed by atoms with Gasteiger partial charge in [-0.2, -0.15) is 0 Å². The molecule has 0 radical (unpaired) electrons. The number of carbonyl (C=O) groups excluding carboxylic acids is 1. The third kappa shape index (κ3) is 23.4. The van der Waals surface area contributed by atoms with Crippen molar-refractivity contribution in [2.45, 2.75) is 143 Å². The summed E-state index contributed by atoms with van der Waals surface area (Å²) in [7, 11) is 0. The third-order valence-electron chi connectivity index (χ3n) is 5.47. The number of carbonyl (C=O) groups is 1. The largest absolute Gasteiger partial charge is 0.466 e. The lowest BCUT2D eigenvalue weighted by molar-refractivity contribution is -0.143. The van der Waals surface area contributed by atoms with E-state index in [-0.39, 0.29) is 5.97 Å². The number of rotatable bonds is 21. The van der Waals surface area contributed by atoms with Crippen LogP contribution in [-0.4, -0.2) is 12.6 Å². The highest BCUT2D eigenvalue weighted by Gasteiger charge is 2.00. The smallest absolute Gasteiger partial charge is 0.305 e. The summed E-state index contributed by atoms with van der Waals surface area (Å²) >= 11 is 0. The highest BCUT2D eigenvalue weighted by atomic mass is 16.5. The molecule has 0 fully saturated rings. The second-order valence-electron chi connectivity index (χ2n) is 8.75. The summed E-state index contributed by atoms with van der Waals surface area (Å²) in [6.07, 6.45) is 25.4. The fraction of sp³-hybridized carbons (Fsp3) is 0.960. The topological polar surface area (TPSA) is 26.3 Å². The number of unbranched alkanes of at least 4 members (excludes halogenated alkanes) is 16. The van der Waals surface area contributed by atoms with Crippen molar-refractivity contribution in [3.63, 3.8) is 0 Å². The number of hydrogen-bond donors (Lipinski definition) is 0. The lowest BCUT2D eigenvalue weighted by Gasteiger charge is -2.05. The molecule has 0 aromatic rings. The van der Waals surface area contributed by atoms with Gasteiger partial charge in [0.05, 0.1) is 6.61 Å².